The molecule has 0 unspecified atom stereocenters. The number of carbonyl (C=O) groups excluding carboxylic acids is 1. The predicted molar refractivity (Wildman–Crippen MR) is 108 cm³/mol. The van der Waals surface area contributed by atoms with Gasteiger partial charge in [0, 0.05) is 31.7 Å². The molecule has 130 valence electrons. The standard InChI is InChI=1S/C16H25ClN4O.HI/c1-5-19-14(22)16(2,3)11-21-15(18-4)20-10-12-6-8-13(17)9-7-12;/h6-9H,5,10-11H2,1-4H3,(H,19,22)(H2,18,20,21);1H. The number of amides is 1. The highest BCUT2D eigenvalue weighted by Gasteiger charge is 2.27. The van der Waals surface area contributed by atoms with Gasteiger partial charge in [-0.05, 0) is 38.5 Å². The number of benzene rings is 1. The molecule has 0 atom stereocenters. The molecule has 0 radical (unpaired) electrons. The van der Waals surface area contributed by atoms with E-state index in [1.807, 2.05) is 45.0 Å². The van der Waals surface area contributed by atoms with Crippen molar-refractivity contribution in [1.82, 2.24) is 16.0 Å². The Balaban J connectivity index is 0.00000484. The maximum absolute atomic E-state index is 12.0. The molecular weight excluding hydrogens is 427 g/mol. The molecule has 0 fully saturated rings. The molecule has 0 saturated heterocycles. The van der Waals surface area contributed by atoms with Crippen molar-refractivity contribution in [3.8, 4) is 0 Å². The number of nitrogens with one attached hydrogen (secondary N) is 3. The lowest BCUT2D eigenvalue weighted by molar-refractivity contribution is -0.128. The van der Waals surface area contributed by atoms with Gasteiger partial charge in [-0.2, -0.15) is 0 Å². The highest BCUT2D eigenvalue weighted by Crippen LogP contribution is 2.13. The van der Waals surface area contributed by atoms with Crippen molar-refractivity contribution in [2.45, 2.75) is 27.3 Å². The highest BCUT2D eigenvalue weighted by molar-refractivity contribution is 14.0. The zero-order chi connectivity index (χ0) is 16.6. The summed E-state index contributed by atoms with van der Waals surface area (Å²) in [6.07, 6.45) is 0. The number of guanidine groups is 1. The van der Waals surface area contributed by atoms with Crippen LogP contribution in [-0.2, 0) is 11.3 Å². The molecule has 0 spiro atoms. The van der Waals surface area contributed by atoms with Gasteiger partial charge in [0.1, 0.15) is 0 Å². The van der Waals surface area contributed by atoms with Crippen LogP contribution in [0.5, 0.6) is 0 Å². The summed E-state index contributed by atoms with van der Waals surface area (Å²) in [4.78, 5) is 16.1. The summed E-state index contributed by atoms with van der Waals surface area (Å²) in [5.41, 5.74) is 0.601. The Morgan fingerprint density at radius 3 is 2.30 bits per heavy atom. The molecule has 0 aliphatic rings. The Kier molecular flexibility index (Phi) is 10.2. The lowest BCUT2D eigenvalue weighted by atomic mass is 9.92. The van der Waals surface area contributed by atoms with E-state index in [1.54, 1.807) is 7.05 Å². The predicted octanol–water partition coefficient (Wildman–Crippen LogP) is 2.79. The van der Waals surface area contributed by atoms with Crippen molar-refractivity contribution in [3.63, 3.8) is 0 Å². The van der Waals surface area contributed by atoms with Crippen LogP contribution in [0.25, 0.3) is 0 Å². The van der Waals surface area contributed by atoms with E-state index in [0.717, 1.165) is 10.6 Å². The van der Waals surface area contributed by atoms with Crippen LogP contribution < -0.4 is 16.0 Å². The fourth-order valence-corrected chi connectivity index (χ4v) is 1.92. The van der Waals surface area contributed by atoms with E-state index in [4.69, 9.17) is 11.6 Å². The van der Waals surface area contributed by atoms with E-state index in [9.17, 15) is 4.79 Å². The van der Waals surface area contributed by atoms with Crippen molar-refractivity contribution in [2.24, 2.45) is 10.4 Å². The van der Waals surface area contributed by atoms with E-state index in [0.29, 0.717) is 25.6 Å². The second-order valence-corrected chi connectivity index (χ2v) is 6.09. The number of hydrogen-bond acceptors (Lipinski definition) is 2. The van der Waals surface area contributed by atoms with Gasteiger partial charge < -0.3 is 16.0 Å². The molecule has 1 aromatic carbocycles. The Labute approximate surface area is 160 Å². The Morgan fingerprint density at radius 1 is 1.17 bits per heavy atom. The van der Waals surface area contributed by atoms with Crippen LogP contribution in [0, 0.1) is 5.41 Å². The van der Waals surface area contributed by atoms with Gasteiger partial charge in [-0.25, -0.2) is 0 Å². The summed E-state index contributed by atoms with van der Waals surface area (Å²) < 4.78 is 0. The minimum absolute atomic E-state index is 0. The highest BCUT2D eigenvalue weighted by atomic mass is 127. The third-order valence-corrected chi connectivity index (χ3v) is 3.50. The molecule has 5 nitrogen and oxygen atoms in total. The first-order chi connectivity index (χ1) is 10.4. The van der Waals surface area contributed by atoms with Crippen LogP contribution in [0.2, 0.25) is 5.02 Å². The van der Waals surface area contributed by atoms with Crippen LogP contribution in [0.3, 0.4) is 0 Å². The van der Waals surface area contributed by atoms with Gasteiger partial charge in [0.25, 0.3) is 0 Å². The smallest absolute Gasteiger partial charge is 0.227 e. The van der Waals surface area contributed by atoms with Gasteiger partial charge in [-0.1, -0.05) is 23.7 Å². The Bertz CT molecular complexity index is 517. The number of aliphatic imine (C=N–C) groups is 1. The lowest BCUT2D eigenvalue weighted by Gasteiger charge is -2.24. The SMILES string of the molecule is CCNC(=O)C(C)(C)CNC(=NC)NCc1ccc(Cl)cc1.I. The lowest BCUT2D eigenvalue weighted by Crippen LogP contribution is -2.47. The zero-order valence-corrected chi connectivity index (χ0v) is 17.2. The minimum Gasteiger partial charge on any atom is -0.356 e. The molecule has 1 aromatic rings. The number of hydrogen-bond donors (Lipinski definition) is 3. The van der Waals surface area contributed by atoms with Crippen LogP contribution in [0.1, 0.15) is 26.3 Å². The van der Waals surface area contributed by atoms with E-state index in [-0.39, 0.29) is 29.9 Å². The van der Waals surface area contributed by atoms with Crippen molar-refractivity contribution >= 4 is 47.4 Å². The molecule has 0 saturated carbocycles. The molecule has 1 amide bonds. The molecule has 0 aromatic heterocycles. The molecule has 3 N–H and O–H groups in total. The van der Waals surface area contributed by atoms with Crippen molar-refractivity contribution < 1.29 is 4.79 Å². The Hall–Kier alpha value is -1.02. The summed E-state index contributed by atoms with van der Waals surface area (Å²) >= 11 is 5.86. The number of halogens is 2. The van der Waals surface area contributed by atoms with Crippen molar-refractivity contribution in [2.75, 3.05) is 20.1 Å². The summed E-state index contributed by atoms with van der Waals surface area (Å²) in [7, 11) is 1.70. The summed E-state index contributed by atoms with van der Waals surface area (Å²) in [5, 5.41) is 9.95. The summed E-state index contributed by atoms with van der Waals surface area (Å²) in [6, 6.07) is 7.63. The van der Waals surface area contributed by atoms with Gasteiger partial charge in [0.15, 0.2) is 5.96 Å². The topological polar surface area (TPSA) is 65.5 Å². The molecule has 0 heterocycles. The van der Waals surface area contributed by atoms with E-state index in [1.165, 1.54) is 0 Å². The third-order valence-electron chi connectivity index (χ3n) is 3.25. The normalized spacial score (nSPS) is 11.4. The van der Waals surface area contributed by atoms with E-state index < -0.39 is 5.41 Å². The summed E-state index contributed by atoms with van der Waals surface area (Å²) in [5.74, 6) is 0.683. The first-order valence-corrected chi connectivity index (χ1v) is 7.74. The van der Waals surface area contributed by atoms with E-state index in [2.05, 4.69) is 20.9 Å². The fraction of sp³-hybridized carbons (Fsp3) is 0.500. The number of nitrogens with zero attached hydrogens (tertiary/aromatic N) is 1. The molecule has 7 heteroatoms. The van der Waals surface area contributed by atoms with Gasteiger partial charge in [0.05, 0.1) is 5.41 Å². The number of rotatable bonds is 6. The minimum atomic E-state index is -0.506. The molecular formula is C16H26ClIN4O. The van der Waals surface area contributed by atoms with Crippen LogP contribution in [0.4, 0.5) is 0 Å². The average Bonchev–Trinajstić information content (AvgIpc) is 2.49. The molecule has 0 aliphatic heterocycles. The first-order valence-electron chi connectivity index (χ1n) is 7.36. The van der Waals surface area contributed by atoms with Crippen molar-refractivity contribution in [3.05, 3.63) is 34.9 Å². The van der Waals surface area contributed by atoms with Gasteiger partial charge in [-0.15, -0.1) is 24.0 Å². The Morgan fingerprint density at radius 2 is 1.78 bits per heavy atom. The second kappa shape index (κ2) is 10.7. The third kappa shape index (κ3) is 7.87. The first kappa shape index (κ1) is 22.0. The van der Waals surface area contributed by atoms with Crippen molar-refractivity contribution in [1.29, 1.82) is 0 Å². The summed E-state index contributed by atoms with van der Waals surface area (Å²) in [6.45, 7) is 7.48. The molecule has 23 heavy (non-hydrogen) atoms. The largest absolute Gasteiger partial charge is 0.356 e. The monoisotopic (exact) mass is 452 g/mol. The fourth-order valence-electron chi connectivity index (χ4n) is 1.79. The average molecular weight is 453 g/mol. The maximum Gasteiger partial charge on any atom is 0.227 e. The maximum atomic E-state index is 12.0. The number of carbonyl (C=O) groups is 1. The van der Waals surface area contributed by atoms with Crippen LogP contribution in [-0.4, -0.2) is 32.0 Å². The molecule has 1 rings (SSSR count). The molecule has 0 aliphatic carbocycles. The van der Waals surface area contributed by atoms with Gasteiger partial charge in [0.2, 0.25) is 5.91 Å². The second-order valence-electron chi connectivity index (χ2n) is 5.65. The van der Waals surface area contributed by atoms with Gasteiger partial charge in [-0.3, -0.25) is 9.79 Å². The zero-order valence-electron chi connectivity index (χ0n) is 14.1. The van der Waals surface area contributed by atoms with E-state index >= 15 is 0 Å². The quantitative estimate of drug-likeness (QED) is 0.353. The van der Waals surface area contributed by atoms with Gasteiger partial charge >= 0.3 is 0 Å². The van der Waals surface area contributed by atoms with Crippen LogP contribution >= 0.6 is 35.6 Å². The van der Waals surface area contributed by atoms with Crippen LogP contribution in [0.15, 0.2) is 29.3 Å². The molecule has 0 bridgehead atoms.